The van der Waals surface area contributed by atoms with Crippen LogP contribution in [0, 0.1) is 25.2 Å². The Morgan fingerprint density at radius 2 is 1.75 bits per heavy atom. The topological polar surface area (TPSA) is 42.2 Å². The van der Waals surface area contributed by atoms with Crippen molar-refractivity contribution in [2.24, 2.45) is 11.3 Å². The van der Waals surface area contributed by atoms with Crippen molar-refractivity contribution in [1.82, 2.24) is 10.1 Å². The van der Waals surface area contributed by atoms with Crippen LogP contribution >= 0.6 is 0 Å². The summed E-state index contributed by atoms with van der Waals surface area (Å²) in [6.45, 7) is 5.48. The van der Waals surface area contributed by atoms with E-state index in [0.717, 1.165) is 55.6 Å². The molecule has 7 rings (SSSR count). The highest BCUT2D eigenvalue weighted by Gasteiger charge is 2.47. The normalized spacial score (nSPS) is 19.4. The van der Waals surface area contributed by atoms with Crippen LogP contribution in [0.15, 0.2) is 53.1 Å². The lowest BCUT2D eigenvalue weighted by molar-refractivity contribution is -0.136. The number of hydrogen-bond acceptors (Lipinski definition) is 4. The number of aromatic nitrogens is 2. The average Bonchev–Trinajstić information content (AvgIpc) is 3.67. The fraction of sp³-hybridized carbons (Fsp3) is 0.455. The van der Waals surface area contributed by atoms with Gasteiger partial charge >= 0.3 is 6.18 Å². The third-order valence-electron chi connectivity index (χ3n) is 9.52. The summed E-state index contributed by atoms with van der Waals surface area (Å²) < 4.78 is 47.2. The number of halogens is 3. The molecule has 7 heteroatoms. The van der Waals surface area contributed by atoms with Crippen molar-refractivity contribution in [3.8, 4) is 11.3 Å². The Balaban J connectivity index is 1.05. The summed E-state index contributed by atoms with van der Waals surface area (Å²) >= 11 is 0. The zero-order chi connectivity index (χ0) is 27.6. The van der Waals surface area contributed by atoms with Gasteiger partial charge in [0, 0.05) is 46.9 Å². The molecule has 208 valence electrons. The molecule has 3 fully saturated rings. The number of aryl methyl sites for hydroxylation is 2. The lowest BCUT2D eigenvalue weighted by Crippen LogP contribution is -2.47. The van der Waals surface area contributed by atoms with Crippen LogP contribution in [0.2, 0.25) is 0 Å². The Morgan fingerprint density at radius 1 is 1.00 bits per heavy atom. The molecule has 2 aromatic carbocycles. The summed E-state index contributed by atoms with van der Waals surface area (Å²) in [5, 5.41) is 4.74. The number of benzene rings is 2. The largest absolute Gasteiger partial charge is 0.417 e. The second kappa shape index (κ2) is 9.35. The van der Waals surface area contributed by atoms with E-state index in [2.05, 4.69) is 46.2 Å². The van der Waals surface area contributed by atoms with Crippen LogP contribution in [0.5, 0.6) is 0 Å². The first-order chi connectivity index (χ1) is 19.2. The molecular weight excluding hydrogens is 511 g/mol. The SMILES string of the molecule is Cc1cc(C(F)(F)F)c2cc(N3CCC4(CC3)CC(Cc3c(-c5ccccc5C)noc3C3CC3)C4)ccc2n1. The minimum Gasteiger partial charge on any atom is -0.371 e. The Morgan fingerprint density at radius 3 is 2.45 bits per heavy atom. The summed E-state index contributed by atoms with van der Waals surface area (Å²) in [5.41, 5.74) is 6.11. The van der Waals surface area contributed by atoms with Crippen molar-refractivity contribution in [1.29, 1.82) is 0 Å². The minimum absolute atomic E-state index is 0.184. The fourth-order valence-corrected chi connectivity index (χ4v) is 7.26. The van der Waals surface area contributed by atoms with Gasteiger partial charge in [0.05, 0.1) is 11.1 Å². The Kier molecular flexibility index (Phi) is 5.99. The van der Waals surface area contributed by atoms with E-state index in [1.165, 1.54) is 42.4 Å². The van der Waals surface area contributed by atoms with Gasteiger partial charge in [0.1, 0.15) is 11.5 Å². The van der Waals surface area contributed by atoms with Crippen LogP contribution < -0.4 is 4.90 Å². The molecule has 2 aromatic heterocycles. The molecule has 4 nitrogen and oxygen atoms in total. The van der Waals surface area contributed by atoms with Crippen molar-refractivity contribution in [2.75, 3.05) is 18.0 Å². The molecule has 0 amide bonds. The van der Waals surface area contributed by atoms with E-state index < -0.39 is 11.7 Å². The van der Waals surface area contributed by atoms with Gasteiger partial charge in [0.2, 0.25) is 0 Å². The van der Waals surface area contributed by atoms with Gasteiger partial charge < -0.3 is 9.42 Å². The van der Waals surface area contributed by atoms with Gasteiger partial charge in [-0.3, -0.25) is 4.98 Å². The summed E-state index contributed by atoms with van der Waals surface area (Å²) in [5.74, 6) is 2.25. The van der Waals surface area contributed by atoms with E-state index in [0.29, 0.717) is 28.5 Å². The number of nitrogens with zero attached hydrogens (tertiary/aromatic N) is 3. The fourth-order valence-electron chi connectivity index (χ4n) is 7.26. The summed E-state index contributed by atoms with van der Waals surface area (Å²) in [7, 11) is 0. The Bertz CT molecular complexity index is 1570. The van der Waals surface area contributed by atoms with E-state index in [1.54, 1.807) is 19.1 Å². The highest BCUT2D eigenvalue weighted by Crippen LogP contribution is 2.55. The number of anilines is 1. The van der Waals surface area contributed by atoms with Crippen LogP contribution in [0.3, 0.4) is 0 Å². The first-order valence-electron chi connectivity index (χ1n) is 14.5. The molecule has 1 saturated heterocycles. The molecule has 0 bridgehead atoms. The van der Waals surface area contributed by atoms with Crippen molar-refractivity contribution < 1.29 is 17.7 Å². The van der Waals surface area contributed by atoms with Gasteiger partial charge in [-0.05, 0) is 100.0 Å². The monoisotopic (exact) mass is 545 g/mol. The van der Waals surface area contributed by atoms with Crippen LogP contribution in [-0.4, -0.2) is 23.2 Å². The van der Waals surface area contributed by atoms with Gasteiger partial charge in [-0.2, -0.15) is 13.2 Å². The molecule has 0 unspecified atom stereocenters. The van der Waals surface area contributed by atoms with E-state index >= 15 is 0 Å². The molecule has 1 aliphatic heterocycles. The molecule has 40 heavy (non-hydrogen) atoms. The molecule has 3 aliphatic rings. The maximum atomic E-state index is 13.8. The van der Waals surface area contributed by atoms with Crippen LogP contribution in [0.1, 0.15) is 72.6 Å². The molecule has 4 aromatic rings. The second-order valence-corrected chi connectivity index (χ2v) is 12.4. The Hall–Kier alpha value is -3.35. The number of hydrogen-bond donors (Lipinski definition) is 0. The third kappa shape index (κ3) is 4.57. The van der Waals surface area contributed by atoms with Crippen LogP contribution in [0.4, 0.5) is 18.9 Å². The summed E-state index contributed by atoms with van der Waals surface area (Å²) in [4.78, 5) is 6.59. The number of alkyl halides is 3. The second-order valence-electron chi connectivity index (χ2n) is 12.4. The van der Waals surface area contributed by atoms with Crippen LogP contribution in [-0.2, 0) is 12.6 Å². The number of rotatable bonds is 5. The Labute approximate surface area is 232 Å². The smallest absolute Gasteiger partial charge is 0.371 e. The van der Waals surface area contributed by atoms with Gasteiger partial charge in [-0.1, -0.05) is 29.4 Å². The van der Waals surface area contributed by atoms with Gasteiger partial charge in [0.15, 0.2) is 0 Å². The average molecular weight is 546 g/mol. The first kappa shape index (κ1) is 25.6. The zero-order valence-electron chi connectivity index (χ0n) is 23.0. The molecule has 0 radical (unpaired) electrons. The van der Waals surface area contributed by atoms with Crippen molar-refractivity contribution in [3.63, 3.8) is 0 Å². The molecule has 0 N–H and O–H groups in total. The molecular formula is C33H34F3N3O. The van der Waals surface area contributed by atoms with Crippen molar-refractivity contribution in [2.45, 2.75) is 70.9 Å². The highest BCUT2D eigenvalue weighted by atomic mass is 19.4. The lowest BCUT2D eigenvalue weighted by atomic mass is 9.56. The minimum atomic E-state index is -4.40. The summed E-state index contributed by atoms with van der Waals surface area (Å²) in [6.07, 6.45) is 3.53. The van der Waals surface area contributed by atoms with E-state index in [9.17, 15) is 13.2 Å². The lowest BCUT2D eigenvalue weighted by Gasteiger charge is -2.53. The van der Waals surface area contributed by atoms with E-state index in [1.807, 2.05) is 6.07 Å². The van der Waals surface area contributed by atoms with Crippen molar-refractivity contribution >= 4 is 16.6 Å². The quantitative estimate of drug-likeness (QED) is 0.252. The maximum absolute atomic E-state index is 13.8. The molecule has 2 saturated carbocycles. The van der Waals surface area contributed by atoms with E-state index in [4.69, 9.17) is 4.52 Å². The van der Waals surface area contributed by atoms with Gasteiger partial charge in [-0.25, -0.2) is 0 Å². The molecule has 3 heterocycles. The predicted molar refractivity (Wildman–Crippen MR) is 150 cm³/mol. The number of pyridine rings is 1. The van der Waals surface area contributed by atoms with Crippen molar-refractivity contribution in [3.05, 3.63) is 76.7 Å². The highest BCUT2D eigenvalue weighted by molar-refractivity contribution is 5.86. The van der Waals surface area contributed by atoms with Gasteiger partial charge in [0.25, 0.3) is 0 Å². The zero-order valence-corrected chi connectivity index (χ0v) is 23.0. The van der Waals surface area contributed by atoms with Crippen LogP contribution in [0.25, 0.3) is 22.2 Å². The number of piperidine rings is 1. The van der Waals surface area contributed by atoms with E-state index in [-0.39, 0.29) is 5.39 Å². The third-order valence-corrected chi connectivity index (χ3v) is 9.52. The number of fused-ring (bicyclic) bond motifs is 1. The summed E-state index contributed by atoms with van der Waals surface area (Å²) in [6, 6.07) is 14.9. The molecule has 1 spiro atoms. The molecule has 0 atom stereocenters. The maximum Gasteiger partial charge on any atom is 0.417 e. The van der Waals surface area contributed by atoms with Gasteiger partial charge in [-0.15, -0.1) is 0 Å². The standard InChI is InChI=1S/C33H34F3N3O/c1-20-5-3-4-6-25(20)30-27(31(40-38-30)23-7-8-23)16-22-18-32(19-22)11-13-39(14-12-32)24-9-10-29-26(17-24)28(33(34,35)36)15-21(2)37-29/h3-6,9-10,15,17,22-23H,7-8,11-14,16,18-19H2,1-2H3. The predicted octanol–water partition coefficient (Wildman–Crippen LogP) is 8.64. The molecule has 2 aliphatic carbocycles. The first-order valence-corrected chi connectivity index (χ1v) is 14.5.